The Labute approximate surface area is 220 Å². The fraction of sp³-hybridized carbons (Fsp3) is 0.433. The number of benzene rings is 4. The molecule has 0 spiro atoms. The van der Waals surface area contributed by atoms with E-state index in [1.165, 1.54) is 21.5 Å². The van der Waals surface area contributed by atoms with Gasteiger partial charge in [0.15, 0.2) is 17.9 Å². The van der Waals surface area contributed by atoms with Crippen molar-refractivity contribution in [3.05, 3.63) is 60.2 Å². The Morgan fingerprint density at radius 2 is 1.37 bits per heavy atom. The van der Waals surface area contributed by atoms with Crippen LogP contribution in [-0.4, -0.2) is 55.0 Å². The highest BCUT2D eigenvalue weighted by molar-refractivity contribution is 6.23. The average molecular weight is 519 g/mol. The van der Waals surface area contributed by atoms with E-state index in [0.717, 1.165) is 16.3 Å². The molecular weight excluding hydrogens is 488 g/mol. The van der Waals surface area contributed by atoms with Gasteiger partial charge in [-0.3, -0.25) is 0 Å². The molecule has 0 aromatic heterocycles. The summed E-state index contributed by atoms with van der Waals surface area (Å²) in [5.41, 5.74) is 0.914. The number of carbonyl (C=O) groups excluding carboxylic acids is 1. The zero-order chi connectivity index (χ0) is 26.2. The normalized spacial score (nSPS) is 29.5. The van der Waals surface area contributed by atoms with Crippen molar-refractivity contribution in [2.45, 2.75) is 76.6 Å². The largest absolute Gasteiger partial charge is 0.508 e. The Morgan fingerprint density at radius 3 is 2.16 bits per heavy atom. The van der Waals surface area contributed by atoms with Crippen LogP contribution in [0.2, 0.25) is 0 Å². The number of carbonyl (C=O) groups is 1. The maximum Gasteiger partial charge on any atom is 0.508 e. The van der Waals surface area contributed by atoms with E-state index in [0.29, 0.717) is 0 Å². The predicted octanol–water partition coefficient (Wildman–Crippen LogP) is 5.63. The number of fused-ring (bicyclic) bond motifs is 3. The van der Waals surface area contributed by atoms with Gasteiger partial charge in [0.25, 0.3) is 0 Å². The Hall–Kier alpha value is -3.01. The quantitative estimate of drug-likeness (QED) is 0.254. The summed E-state index contributed by atoms with van der Waals surface area (Å²) in [6, 6.07) is 18.8. The first-order valence-corrected chi connectivity index (χ1v) is 13.0. The minimum atomic E-state index is -0.822. The molecule has 3 fully saturated rings. The van der Waals surface area contributed by atoms with Crippen molar-refractivity contribution in [2.24, 2.45) is 0 Å². The molecular formula is C30H30O8. The van der Waals surface area contributed by atoms with Crippen molar-refractivity contribution >= 4 is 38.5 Å². The van der Waals surface area contributed by atoms with Crippen molar-refractivity contribution in [2.75, 3.05) is 6.61 Å². The Morgan fingerprint density at radius 1 is 0.737 bits per heavy atom. The molecule has 3 heterocycles. The van der Waals surface area contributed by atoms with E-state index in [1.807, 2.05) is 33.8 Å². The second kappa shape index (κ2) is 8.49. The first kappa shape index (κ1) is 24.1. The van der Waals surface area contributed by atoms with E-state index in [4.69, 9.17) is 33.2 Å². The fourth-order valence-corrected chi connectivity index (χ4v) is 6.08. The van der Waals surface area contributed by atoms with Crippen LogP contribution < -0.4 is 0 Å². The van der Waals surface area contributed by atoms with E-state index in [2.05, 4.69) is 48.5 Å². The molecule has 4 aromatic carbocycles. The smallest absolute Gasteiger partial charge is 0.431 e. The number of hydrogen-bond donors (Lipinski definition) is 0. The van der Waals surface area contributed by atoms with E-state index >= 15 is 0 Å². The summed E-state index contributed by atoms with van der Waals surface area (Å²) in [5.74, 6) is -1.64. The van der Waals surface area contributed by atoms with Crippen LogP contribution in [0.1, 0.15) is 33.3 Å². The van der Waals surface area contributed by atoms with E-state index < -0.39 is 48.4 Å². The van der Waals surface area contributed by atoms with E-state index in [9.17, 15) is 4.79 Å². The minimum Gasteiger partial charge on any atom is -0.431 e. The molecule has 198 valence electrons. The lowest BCUT2D eigenvalue weighted by Gasteiger charge is -2.36. The molecule has 8 heteroatoms. The summed E-state index contributed by atoms with van der Waals surface area (Å²) in [6.45, 7) is 7.35. The average Bonchev–Trinajstić information content (AvgIpc) is 3.38. The minimum absolute atomic E-state index is 0.0646. The van der Waals surface area contributed by atoms with Gasteiger partial charge in [-0.25, -0.2) is 4.79 Å². The second-order valence-electron chi connectivity index (χ2n) is 11.1. The fourth-order valence-electron chi connectivity index (χ4n) is 6.08. The highest BCUT2D eigenvalue weighted by atomic mass is 16.9. The third-order valence-electron chi connectivity index (χ3n) is 7.58. The molecule has 0 unspecified atom stereocenters. The first-order valence-electron chi connectivity index (χ1n) is 13.0. The summed E-state index contributed by atoms with van der Waals surface area (Å²) in [4.78, 5) is 12.7. The molecule has 7 rings (SSSR count). The summed E-state index contributed by atoms with van der Waals surface area (Å²) in [6.07, 6.45) is -3.34. The highest BCUT2D eigenvalue weighted by Gasteiger charge is 2.60. The van der Waals surface area contributed by atoms with Crippen LogP contribution in [0.4, 0.5) is 4.79 Å². The van der Waals surface area contributed by atoms with Crippen LogP contribution in [0, 0.1) is 0 Å². The molecule has 0 amide bonds. The van der Waals surface area contributed by atoms with Gasteiger partial charge >= 0.3 is 6.16 Å². The molecule has 3 saturated heterocycles. The molecule has 0 bridgehead atoms. The molecule has 0 aliphatic carbocycles. The third-order valence-corrected chi connectivity index (χ3v) is 7.58. The monoisotopic (exact) mass is 518 g/mol. The van der Waals surface area contributed by atoms with Crippen LogP contribution >= 0.6 is 0 Å². The van der Waals surface area contributed by atoms with Crippen LogP contribution in [0.15, 0.2) is 54.6 Å². The van der Waals surface area contributed by atoms with Gasteiger partial charge < -0.3 is 33.2 Å². The summed E-state index contributed by atoms with van der Waals surface area (Å²) in [7, 11) is 0. The number of ether oxygens (including phenoxy) is 7. The van der Waals surface area contributed by atoms with Crippen LogP contribution in [0.3, 0.4) is 0 Å². The van der Waals surface area contributed by atoms with E-state index in [-0.39, 0.29) is 13.2 Å². The molecule has 38 heavy (non-hydrogen) atoms. The van der Waals surface area contributed by atoms with Crippen molar-refractivity contribution in [1.82, 2.24) is 0 Å². The lowest BCUT2D eigenvalue weighted by Crippen LogP contribution is -2.56. The van der Waals surface area contributed by atoms with Gasteiger partial charge in [-0.1, -0.05) is 54.6 Å². The zero-order valence-corrected chi connectivity index (χ0v) is 21.8. The Kier molecular flexibility index (Phi) is 5.38. The van der Waals surface area contributed by atoms with Crippen LogP contribution in [-0.2, 0) is 39.8 Å². The maximum absolute atomic E-state index is 12.7. The van der Waals surface area contributed by atoms with Crippen molar-refractivity contribution in [1.29, 1.82) is 0 Å². The van der Waals surface area contributed by atoms with Crippen LogP contribution in [0.25, 0.3) is 32.3 Å². The maximum atomic E-state index is 12.7. The van der Waals surface area contributed by atoms with Gasteiger partial charge in [0.1, 0.15) is 37.6 Å². The molecule has 3 aliphatic rings. The topological polar surface area (TPSA) is 81.7 Å². The van der Waals surface area contributed by atoms with Gasteiger partial charge in [-0.05, 0) is 65.6 Å². The molecule has 3 aliphatic heterocycles. The predicted molar refractivity (Wildman–Crippen MR) is 139 cm³/mol. The van der Waals surface area contributed by atoms with Crippen molar-refractivity contribution < 1.29 is 38.0 Å². The molecule has 0 radical (unpaired) electrons. The molecule has 8 nitrogen and oxygen atoms in total. The lowest BCUT2D eigenvalue weighted by molar-refractivity contribution is -0.240. The molecule has 0 N–H and O–H groups in total. The summed E-state index contributed by atoms with van der Waals surface area (Å²) in [5, 5.41) is 6.98. The van der Waals surface area contributed by atoms with Crippen molar-refractivity contribution in [3.8, 4) is 0 Å². The molecule has 4 aromatic rings. The number of rotatable bonds is 4. The first-order chi connectivity index (χ1) is 18.2. The van der Waals surface area contributed by atoms with Gasteiger partial charge in [-0.2, -0.15) is 0 Å². The molecule has 5 atom stereocenters. The Bertz CT molecular complexity index is 1510. The lowest BCUT2D eigenvalue weighted by atomic mass is 9.92. The van der Waals surface area contributed by atoms with Gasteiger partial charge in [-0.15, -0.1) is 0 Å². The summed E-state index contributed by atoms with van der Waals surface area (Å²) < 4.78 is 41.3. The highest BCUT2D eigenvalue weighted by Crippen LogP contribution is 2.44. The van der Waals surface area contributed by atoms with E-state index in [1.54, 1.807) is 0 Å². The second-order valence-corrected chi connectivity index (χ2v) is 11.1. The van der Waals surface area contributed by atoms with Gasteiger partial charge in [0.05, 0.1) is 0 Å². The summed E-state index contributed by atoms with van der Waals surface area (Å²) >= 11 is 0. The SMILES string of the molecule is CC1(C)O[C@H]2[C@@H](O1)[C@@H](COC(=O)OCc1ccc3ccc4cccc5ccc1c3c45)O[C@@H]1OC(C)(C)O[C@@H]12. The number of hydrogen-bond acceptors (Lipinski definition) is 8. The zero-order valence-electron chi connectivity index (χ0n) is 21.8. The van der Waals surface area contributed by atoms with Gasteiger partial charge in [0, 0.05) is 0 Å². The molecule has 0 saturated carbocycles. The standard InChI is InChI=1S/C30H30O8/c1-29(2)35-24-21(34-27-26(25(24)36-29)37-30(3,4)38-27)15-33-28(31)32-14-19-11-10-18-9-8-16-6-5-7-17-12-13-20(19)23(18)22(16)17/h5-13,21,24-27H,14-15H2,1-4H3/t21-,24+,25+,26-,27-/m1/s1. The Balaban J connectivity index is 1.05. The van der Waals surface area contributed by atoms with Crippen molar-refractivity contribution in [3.63, 3.8) is 0 Å². The van der Waals surface area contributed by atoms with Gasteiger partial charge in [0.2, 0.25) is 0 Å². The third kappa shape index (κ3) is 3.99. The van der Waals surface area contributed by atoms with Crippen LogP contribution in [0.5, 0.6) is 0 Å².